The van der Waals surface area contributed by atoms with Crippen molar-refractivity contribution < 1.29 is 4.74 Å². The van der Waals surface area contributed by atoms with Crippen LogP contribution in [0.15, 0.2) is 22.8 Å². The third-order valence-corrected chi connectivity index (χ3v) is 2.50. The number of halogens is 1. The van der Waals surface area contributed by atoms with Gasteiger partial charge in [-0.2, -0.15) is 0 Å². The van der Waals surface area contributed by atoms with Gasteiger partial charge in [-0.3, -0.25) is 0 Å². The normalized spacial score (nSPS) is 16.7. The highest BCUT2D eigenvalue weighted by Crippen LogP contribution is 2.13. The van der Waals surface area contributed by atoms with Gasteiger partial charge in [0.05, 0.1) is 6.61 Å². The summed E-state index contributed by atoms with van der Waals surface area (Å²) in [6.07, 6.45) is 1.74. The molecule has 0 saturated carbocycles. The standard InChI is InChI=1S/C9H11BrN2O/c10-8-1-2-9(12-5-8)13-6-7-3-11-4-7/h1-2,5,7,11H,3-4,6H2. The van der Waals surface area contributed by atoms with Crippen molar-refractivity contribution in [2.75, 3.05) is 19.7 Å². The topological polar surface area (TPSA) is 34.1 Å². The van der Waals surface area contributed by atoms with E-state index < -0.39 is 0 Å². The maximum Gasteiger partial charge on any atom is 0.213 e. The summed E-state index contributed by atoms with van der Waals surface area (Å²) in [5.74, 6) is 1.36. The summed E-state index contributed by atoms with van der Waals surface area (Å²) in [6, 6.07) is 3.80. The Morgan fingerprint density at radius 2 is 2.38 bits per heavy atom. The molecule has 4 heteroatoms. The van der Waals surface area contributed by atoms with E-state index in [4.69, 9.17) is 4.74 Å². The molecular formula is C9H11BrN2O. The highest BCUT2D eigenvalue weighted by molar-refractivity contribution is 9.10. The molecule has 0 radical (unpaired) electrons. The third kappa shape index (κ3) is 2.42. The summed E-state index contributed by atoms with van der Waals surface area (Å²) in [7, 11) is 0. The Labute approximate surface area is 85.6 Å². The van der Waals surface area contributed by atoms with E-state index in [1.165, 1.54) is 0 Å². The summed E-state index contributed by atoms with van der Waals surface area (Å²) in [5, 5.41) is 3.20. The van der Waals surface area contributed by atoms with Crippen molar-refractivity contribution in [2.45, 2.75) is 0 Å². The molecule has 70 valence electrons. The first kappa shape index (κ1) is 8.97. The Morgan fingerprint density at radius 3 is 2.92 bits per heavy atom. The van der Waals surface area contributed by atoms with Gasteiger partial charge in [0.15, 0.2) is 0 Å². The van der Waals surface area contributed by atoms with Crippen LogP contribution in [0.3, 0.4) is 0 Å². The number of hydrogen-bond acceptors (Lipinski definition) is 3. The summed E-state index contributed by atoms with van der Waals surface area (Å²) in [5.41, 5.74) is 0. The lowest BCUT2D eigenvalue weighted by molar-refractivity contribution is 0.193. The quantitative estimate of drug-likeness (QED) is 0.872. The molecule has 0 atom stereocenters. The SMILES string of the molecule is Brc1ccc(OCC2CNC2)nc1. The summed E-state index contributed by atoms with van der Waals surface area (Å²) in [4.78, 5) is 4.12. The minimum atomic E-state index is 0.658. The highest BCUT2D eigenvalue weighted by Gasteiger charge is 2.17. The maximum absolute atomic E-state index is 5.49. The van der Waals surface area contributed by atoms with E-state index in [-0.39, 0.29) is 0 Å². The molecule has 1 aromatic heterocycles. The van der Waals surface area contributed by atoms with Gasteiger partial charge in [0.1, 0.15) is 0 Å². The molecule has 0 aliphatic carbocycles. The molecule has 1 aliphatic heterocycles. The van der Waals surface area contributed by atoms with Gasteiger partial charge in [0, 0.05) is 35.7 Å². The lowest BCUT2D eigenvalue weighted by atomic mass is 10.1. The van der Waals surface area contributed by atoms with Crippen LogP contribution < -0.4 is 10.1 Å². The molecule has 0 unspecified atom stereocenters. The predicted octanol–water partition coefficient (Wildman–Crippen LogP) is 1.44. The lowest BCUT2D eigenvalue weighted by Crippen LogP contribution is -2.45. The Kier molecular flexibility index (Phi) is 2.80. The zero-order chi connectivity index (χ0) is 9.10. The molecule has 3 nitrogen and oxygen atoms in total. The summed E-state index contributed by atoms with van der Waals surface area (Å²) >= 11 is 3.32. The van der Waals surface area contributed by atoms with Gasteiger partial charge in [0.2, 0.25) is 5.88 Å². The molecule has 2 heterocycles. The van der Waals surface area contributed by atoms with Crippen LogP contribution in [-0.4, -0.2) is 24.7 Å². The van der Waals surface area contributed by atoms with Gasteiger partial charge < -0.3 is 10.1 Å². The second-order valence-electron chi connectivity index (χ2n) is 3.15. The number of nitrogens with one attached hydrogen (secondary N) is 1. The average molecular weight is 243 g/mol. The molecule has 13 heavy (non-hydrogen) atoms. The van der Waals surface area contributed by atoms with E-state index in [1.807, 2.05) is 12.1 Å². The van der Waals surface area contributed by atoms with Gasteiger partial charge in [-0.25, -0.2) is 4.98 Å². The van der Waals surface area contributed by atoms with Gasteiger partial charge in [-0.1, -0.05) is 0 Å². The highest BCUT2D eigenvalue weighted by atomic mass is 79.9. The number of nitrogens with zero attached hydrogens (tertiary/aromatic N) is 1. The molecule has 1 fully saturated rings. The van der Waals surface area contributed by atoms with Gasteiger partial charge in [0.25, 0.3) is 0 Å². The fourth-order valence-corrected chi connectivity index (χ4v) is 1.35. The van der Waals surface area contributed by atoms with Crippen molar-refractivity contribution in [3.8, 4) is 5.88 Å². The van der Waals surface area contributed by atoms with Gasteiger partial charge in [-0.15, -0.1) is 0 Å². The van der Waals surface area contributed by atoms with E-state index in [1.54, 1.807) is 6.20 Å². The second kappa shape index (κ2) is 4.07. The minimum Gasteiger partial charge on any atom is -0.477 e. The van der Waals surface area contributed by atoms with Crippen LogP contribution in [0.2, 0.25) is 0 Å². The van der Waals surface area contributed by atoms with Gasteiger partial charge in [-0.05, 0) is 22.0 Å². The van der Waals surface area contributed by atoms with Crippen LogP contribution in [0.4, 0.5) is 0 Å². The van der Waals surface area contributed by atoms with E-state index in [0.29, 0.717) is 11.8 Å². The summed E-state index contributed by atoms with van der Waals surface area (Å²) in [6.45, 7) is 2.90. The Hall–Kier alpha value is -0.610. The van der Waals surface area contributed by atoms with Crippen LogP contribution in [0.1, 0.15) is 0 Å². The Balaban J connectivity index is 1.83. The fourth-order valence-electron chi connectivity index (χ4n) is 1.12. The smallest absolute Gasteiger partial charge is 0.213 e. The zero-order valence-corrected chi connectivity index (χ0v) is 8.75. The minimum absolute atomic E-state index is 0.658. The Morgan fingerprint density at radius 1 is 1.54 bits per heavy atom. The Bertz CT molecular complexity index is 271. The van der Waals surface area contributed by atoms with Crippen molar-refractivity contribution in [1.29, 1.82) is 0 Å². The van der Waals surface area contributed by atoms with E-state index in [2.05, 4.69) is 26.2 Å². The summed E-state index contributed by atoms with van der Waals surface area (Å²) < 4.78 is 6.47. The molecule has 1 saturated heterocycles. The van der Waals surface area contributed by atoms with Crippen LogP contribution in [0.25, 0.3) is 0 Å². The first-order valence-electron chi connectivity index (χ1n) is 4.29. The van der Waals surface area contributed by atoms with Crippen molar-refractivity contribution in [3.05, 3.63) is 22.8 Å². The monoisotopic (exact) mass is 242 g/mol. The van der Waals surface area contributed by atoms with E-state index in [0.717, 1.165) is 24.2 Å². The molecule has 1 aromatic rings. The van der Waals surface area contributed by atoms with E-state index in [9.17, 15) is 0 Å². The third-order valence-electron chi connectivity index (χ3n) is 2.03. The molecule has 0 aromatic carbocycles. The van der Waals surface area contributed by atoms with Crippen LogP contribution in [0, 0.1) is 5.92 Å². The molecule has 0 bridgehead atoms. The molecule has 2 rings (SSSR count). The second-order valence-corrected chi connectivity index (χ2v) is 4.07. The average Bonchev–Trinajstić information content (AvgIpc) is 2.05. The first-order valence-corrected chi connectivity index (χ1v) is 5.09. The largest absolute Gasteiger partial charge is 0.477 e. The van der Waals surface area contributed by atoms with Crippen LogP contribution in [0.5, 0.6) is 5.88 Å². The van der Waals surface area contributed by atoms with Crippen molar-refractivity contribution in [3.63, 3.8) is 0 Å². The number of rotatable bonds is 3. The maximum atomic E-state index is 5.49. The van der Waals surface area contributed by atoms with Crippen molar-refractivity contribution >= 4 is 15.9 Å². The van der Waals surface area contributed by atoms with Crippen LogP contribution >= 0.6 is 15.9 Å². The molecular weight excluding hydrogens is 232 g/mol. The number of hydrogen-bond donors (Lipinski definition) is 1. The predicted molar refractivity (Wildman–Crippen MR) is 53.8 cm³/mol. The number of ether oxygens (including phenoxy) is 1. The number of pyridine rings is 1. The molecule has 0 amide bonds. The zero-order valence-electron chi connectivity index (χ0n) is 7.16. The van der Waals surface area contributed by atoms with Crippen molar-refractivity contribution in [1.82, 2.24) is 10.3 Å². The molecule has 1 N–H and O–H groups in total. The lowest BCUT2D eigenvalue weighted by Gasteiger charge is -2.26. The van der Waals surface area contributed by atoms with Crippen molar-refractivity contribution in [2.24, 2.45) is 5.92 Å². The fraction of sp³-hybridized carbons (Fsp3) is 0.444. The number of aromatic nitrogens is 1. The first-order chi connectivity index (χ1) is 6.34. The van der Waals surface area contributed by atoms with E-state index >= 15 is 0 Å². The molecule has 1 aliphatic rings. The molecule has 0 spiro atoms. The van der Waals surface area contributed by atoms with Crippen LogP contribution in [-0.2, 0) is 0 Å². The van der Waals surface area contributed by atoms with Gasteiger partial charge >= 0.3 is 0 Å².